The van der Waals surface area contributed by atoms with E-state index >= 15 is 0 Å². The maximum absolute atomic E-state index is 8.89. The summed E-state index contributed by atoms with van der Waals surface area (Å²) in [7, 11) is 0. The third kappa shape index (κ3) is 162. The first-order chi connectivity index (χ1) is 1.73. The number of hydrogen-bond acceptors (Lipinski definition) is 2. The van der Waals surface area contributed by atoms with Crippen molar-refractivity contribution in [2.75, 3.05) is 0 Å². The number of aliphatic carboxylic acids is 1. The number of rotatable bonds is 0. The molecule has 0 unspecified atom stereocenters. The third-order valence-corrected chi connectivity index (χ3v) is 0. The van der Waals surface area contributed by atoms with Crippen LogP contribution in [0.5, 0.6) is 0 Å². The molecule has 0 bridgehead atoms. The predicted octanol–water partition coefficient (Wildman–Crippen LogP) is -4.62. The molecule has 0 amide bonds. The average Bonchev–Trinajstić information content (AvgIpc) is 0.811. The molecule has 0 aromatic heterocycles. The van der Waals surface area contributed by atoms with Gasteiger partial charge in [0.1, 0.15) is 0 Å². The zero-order chi connectivity index (χ0) is 3.58. The van der Waals surface area contributed by atoms with Crippen LogP contribution in [0, 0.1) is 0 Å². The minimum Gasteiger partial charge on any atom is -1.00 e. The van der Waals surface area contributed by atoms with E-state index < -0.39 is 5.97 Å². The molecule has 0 saturated heterocycles. The fraction of sp³-hybridized carbons (Fsp3) is 0.500. The molecule has 7 heavy (non-hydrogen) atoms. The molecule has 0 saturated carbocycles. The van der Waals surface area contributed by atoms with Gasteiger partial charge in [0.25, 0.3) is 0 Å². The standard InChI is InChI=1S/C2H4O2.B.Cu.Na/c1-2(3)4;;;/h1H3,(H,3,4);;;/q;-1;2*+1/p-1. The second-order valence-electron chi connectivity index (χ2n) is 0.492. The van der Waals surface area contributed by atoms with Crippen LogP contribution in [-0.2, 0) is 21.9 Å². The summed E-state index contributed by atoms with van der Waals surface area (Å²) in [6, 6.07) is 0. The van der Waals surface area contributed by atoms with Crippen LogP contribution in [0.3, 0.4) is 0 Å². The van der Waals surface area contributed by atoms with Crippen LogP contribution < -0.4 is 34.7 Å². The van der Waals surface area contributed by atoms with Crippen molar-refractivity contribution in [2.24, 2.45) is 0 Å². The molecule has 0 aliphatic rings. The summed E-state index contributed by atoms with van der Waals surface area (Å²) in [6.07, 6.45) is 0. The fourth-order valence-electron chi connectivity index (χ4n) is 0. The van der Waals surface area contributed by atoms with Crippen molar-refractivity contribution in [3.05, 3.63) is 0 Å². The van der Waals surface area contributed by atoms with E-state index in [1.807, 2.05) is 0 Å². The van der Waals surface area contributed by atoms with Crippen molar-refractivity contribution in [3.8, 4) is 0 Å². The normalized spacial score (nSPS) is 3.57. The maximum atomic E-state index is 8.89. The minimum atomic E-state index is -1.08. The van der Waals surface area contributed by atoms with Crippen LogP contribution in [0.4, 0.5) is 0 Å². The monoisotopic (exact) mass is 156 g/mol. The van der Waals surface area contributed by atoms with Gasteiger partial charge in [0.05, 0.1) is 0 Å². The Kier molecular flexibility index (Phi) is 54.8. The molecule has 0 aromatic carbocycles. The summed E-state index contributed by atoms with van der Waals surface area (Å²) < 4.78 is 0. The van der Waals surface area contributed by atoms with Crippen molar-refractivity contribution in [1.82, 2.24) is 0 Å². The summed E-state index contributed by atoms with van der Waals surface area (Å²) >= 11 is 0. The first-order valence-electron chi connectivity index (χ1n) is 0.908. The summed E-state index contributed by atoms with van der Waals surface area (Å²) in [4.78, 5) is 8.89. The van der Waals surface area contributed by atoms with E-state index in [9.17, 15) is 0 Å². The number of carboxylic acid groups (broad SMARTS) is 1. The molecule has 0 atom stereocenters. The zero-order valence-electron chi connectivity index (χ0n) is 4.20. The van der Waals surface area contributed by atoms with Crippen LogP contribution in [0.25, 0.3) is 0 Å². The topological polar surface area (TPSA) is 40.1 Å². The van der Waals surface area contributed by atoms with Gasteiger partial charge in [-0.2, -0.15) is 0 Å². The van der Waals surface area contributed by atoms with Gasteiger partial charge < -0.3 is 18.3 Å². The van der Waals surface area contributed by atoms with Crippen LogP contribution in [0.15, 0.2) is 0 Å². The molecule has 0 aliphatic heterocycles. The largest absolute Gasteiger partial charge is 1.00 e. The Morgan fingerprint density at radius 2 is 1.57 bits per heavy atom. The quantitative estimate of drug-likeness (QED) is 0.331. The molecular formula is C2H3BCuNaO2. The van der Waals surface area contributed by atoms with Gasteiger partial charge in [-0.25, -0.2) is 0 Å². The van der Waals surface area contributed by atoms with Crippen molar-refractivity contribution < 1.29 is 56.5 Å². The van der Waals surface area contributed by atoms with E-state index in [-0.39, 0.29) is 55.0 Å². The molecule has 0 aliphatic carbocycles. The molecule has 0 spiro atoms. The van der Waals surface area contributed by atoms with Crippen LogP contribution in [0.2, 0.25) is 0 Å². The number of carbonyl (C=O) groups is 1. The van der Waals surface area contributed by atoms with E-state index in [0.717, 1.165) is 6.92 Å². The smallest absolute Gasteiger partial charge is 1.00 e. The number of hydrogen-bond donors (Lipinski definition) is 0. The molecule has 0 fully saturated rings. The van der Waals surface area contributed by atoms with Gasteiger partial charge in [0, 0.05) is 5.97 Å². The van der Waals surface area contributed by atoms with Crippen LogP contribution >= 0.6 is 0 Å². The Balaban J connectivity index is -0.0000000150. The number of carbonyl (C=O) groups excluding carboxylic acids is 1. The van der Waals surface area contributed by atoms with Gasteiger partial charge in [0.2, 0.25) is 0 Å². The number of carboxylic acids is 1. The Bertz CT molecular complexity index is 38.7. The first-order valence-corrected chi connectivity index (χ1v) is 0.908. The molecule has 2 nitrogen and oxygen atoms in total. The molecule has 0 heterocycles. The van der Waals surface area contributed by atoms with Gasteiger partial charge in [-0.1, -0.05) is 0 Å². The Morgan fingerprint density at radius 3 is 1.57 bits per heavy atom. The Hall–Kier alpha value is 1.05. The molecule has 4 radical (unpaired) electrons. The zero-order valence-corrected chi connectivity index (χ0v) is 7.14. The van der Waals surface area contributed by atoms with Crippen molar-refractivity contribution in [1.29, 1.82) is 0 Å². The van der Waals surface area contributed by atoms with Crippen molar-refractivity contribution in [2.45, 2.75) is 6.92 Å². The SMILES string of the molecule is CC(=O)[O-].[B-].[Cu+].[Na+]. The fourth-order valence-corrected chi connectivity index (χ4v) is 0. The van der Waals surface area contributed by atoms with E-state index in [1.165, 1.54) is 0 Å². The third-order valence-electron chi connectivity index (χ3n) is 0. The van der Waals surface area contributed by atoms with Gasteiger partial charge in [-0.3, -0.25) is 0 Å². The van der Waals surface area contributed by atoms with Gasteiger partial charge in [0.15, 0.2) is 0 Å². The predicted molar refractivity (Wildman–Crippen MR) is 16.4 cm³/mol. The van der Waals surface area contributed by atoms with E-state index in [2.05, 4.69) is 0 Å². The summed E-state index contributed by atoms with van der Waals surface area (Å²) in [5.41, 5.74) is 0. The molecule has 38 valence electrons. The molecule has 0 N–H and O–H groups in total. The van der Waals surface area contributed by atoms with E-state index in [0.29, 0.717) is 0 Å². The summed E-state index contributed by atoms with van der Waals surface area (Å²) in [6.45, 7) is 0.972. The maximum Gasteiger partial charge on any atom is 1.00 e. The molecule has 0 aromatic rings. The van der Waals surface area contributed by atoms with Gasteiger partial charge in [-0.05, 0) is 6.92 Å². The Morgan fingerprint density at radius 1 is 1.57 bits per heavy atom. The van der Waals surface area contributed by atoms with Crippen LogP contribution in [0.1, 0.15) is 6.92 Å². The van der Waals surface area contributed by atoms with Crippen LogP contribution in [-0.4, -0.2) is 14.4 Å². The summed E-state index contributed by atoms with van der Waals surface area (Å²) in [5, 5.41) is 8.89. The minimum absolute atomic E-state index is 0. The average molecular weight is 156 g/mol. The molecule has 0 rings (SSSR count). The van der Waals surface area contributed by atoms with E-state index in [4.69, 9.17) is 9.90 Å². The molecular weight excluding hydrogens is 153 g/mol. The summed E-state index contributed by atoms with van der Waals surface area (Å²) in [5.74, 6) is -1.08. The van der Waals surface area contributed by atoms with E-state index in [1.54, 1.807) is 0 Å². The molecule has 5 heteroatoms. The first kappa shape index (κ1) is 24.4. The van der Waals surface area contributed by atoms with Crippen molar-refractivity contribution in [3.63, 3.8) is 0 Å². The Labute approximate surface area is 77.4 Å². The van der Waals surface area contributed by atoms with Gasteiger partial charge in [-0.15, -0.1) is 0 Å². The van der Waals surface area contributed by atoms with Gasteiger partial charge >= 0.3 is 46.6 Å². The van der Waals surface area contributed by atoms with Crippen molar-refractivity contribution >= 4 is 14.4 Å². The second kappa shape index (κ2) is 15.7. The second-order valence-corrected chi connectivity index (χ2v) is 0.492.